The van der Waals surface area contributed by atoms with Crippen LogP contribution in [0.5, 0.6) is 0 Å². The zero-order valence-corrected chi connectivity index (χ0v) is 17.5. The largest absolute Gasteiger partial charge is 0.343 e. The van der Waals surface area contributed by atoms with Gasteiger partial charge in [0, 0.05) is 43.7 Å². The minimum atomic E-state index is -0.523. The number of piperidine rings is 2. The van der Waals surface area contributed by atoms with E-state index in [0.717, 1.165) is 51.7 Å². The van der Waals surface area contributed by atoms with Gasteiger partial charge in [-0.25, -0.2) is 4.39 Å². The van der Waals surface area contributed by atoms with Crippen molar-refractivity contribution in [1.29, 1.82) is 0 Å². The summed E-state index contributed by atoms with van der Waals surface area (Å²) in [5.74, 6) is 0.209. The van der Waals surface area contributed by atoms with Crippen molar-refractivity contribution >= 4 is 23.4 Å². The summed E-state index contributed by atoms with van der Waals surface area (Å²) in [4.78, 5) is 28.9. The monoisotopic (exact) mass is 421 g/mol. The fraction of sp³-hybridized carbons (Fsp3) is 0.636. The van der Waals surface area contributed by atoms with Gasteiger partial charge in [-0.2, -0.15) is 0 Å². The van der Waals surface area contributed by atoms with Gasteiger partial charge in [0.2, 0.25) is 5.91 Å². The lowest BCUT2D eigenvalue weighted by atomic mass is 9.78. The van der Waals surface area contributed by atoms with Crippen LogP contribution in [0.2, 0.25) is 5.02 Å². The molecule has 3 aliphatic heterocycles. The highest BCUT2D eigenvalue weighted by Crippen LogP contribution is 2.31. The van der Waals surface area contributed by atoms with Crippen LogP contribution < -0.4 is 5.32 Å². The predicted octanol–water partition coefficient (Wildman–Crippen LogP) is 3.32. The van der Waals surface area contributed by atoms with Crippen LogP contribution in [-0.4, -0.2) is 60.4 Å². The number of fused-ring (bicyclic) bond motifs is 2. The van der Waals surface area contributed by atoms with Gasteiger partial charge in [-0.05, 0) is 68.7 Å². The second kappa shape index (κ2) is 9.00. The van der Waals surface area contributed by atoms with Gasteiger partial charge in [-0.15, -0.1) is 0 Å². The van der Waals surface area contributed by atoms with E-state index < -0.39 is 5.82 Å². The van der Waals surface area contributed by atoms with Gasteiger partial charge >= 0.3 is 0 Å². The Bertz CT molecular complexity index is 768. The van der Waals surface area contributed by atoms with E-state index in [1.165, 1.54) is 18.2 Å². The molecule has 0 aromatic heterocycles. The first-order chi connectivity index (χ1) is 14.0. The Hall–Kier alpha value is -1.66. The molecule has 3 fully saturated rings. The number of hydrogen-bond donors (Lipinski definition) is 1. The van der Waals surface area contributed by atoms with Crippen LogP contribution in [0.25, 0.3) is 0 Å². The van der Waals surface area contributed by atoms with E-state index in [4.69, 9.17) is 11.6 Å². The minimum absolute atomic E-state index is 0.0539. The van der Waals surface area contributed by atoms with Gasteiger partial charge in [-0.1, -0.05) is 11.6 Å². The topological polar surface area (TPSA) is 52.7 Å². The maximum Gasteiger partial charge on any atom is 0.256 e. The van der Waals surface area contributed by atoms with Crippen molar-refractivity contribution in [2.45, 2.75) is 44.6 Å². The molecule has 29 heavy (non-hydrogen) atoms. The van der Waals surface area contributed by atoms with E-state index in [1.54, 1.807) is 4.90 Å². The van der Waals surface area contributed by atoms with Crippen LogP contribution in [-0.2, 0) is 4.79 Å². The lowest BCUT2D eigenvalue weighted by Gasteiger charge is -2.46. The number of halogens is 2. The Labute approximate surface area is 176 Å². The Balaban J connectivity index is 1.33. The Morgan fingerprint density at radius 2 is 1.97 bits per heavy atom. The lowest BCUT2D eigenvalue weighted by Crippen LogP contribution is -2.57. The number of rotatable bonds is 5. The molecule has 3 aliphatic rings. The number of carbonyl (C=O) groups excluding carboxylic acids is 2. The lowest BCUT2D eigenvalue weighted by molar-refractivity contribution is -0.130. The summed E-state index contributed by atoms with van der Waals surface area (Å²) in [5.41, 5.74) is 0.0539. The first-order valence-electron chi connectivity index (χ1n) is 10.8. The molecule has 0 radical (unpaired) electrons. The molecule has 0 saturated carbocycles. The summed E-state index contributed by atoms with van der Waals surface area (Å²) in [5, 5.41) is 4.00. The third-order valence-electron chi connectivity index (χ3n) is 6.62. The van der Waals surface area contributed by atoms with Crippen LogP contribution in [0, 0.1) is 17.7 Å². The molecule has 3 saturated heterocycles. The molecule has 1 aromatic carbocycles. The maximum atomic E-state index is 14.2. The van der Waals surface area contributed by atoms with Crippen molar-refractivity contribution in [2.24, 2.45) is 11.8 Å². The first-order valence-corrected chi connectivity index (χ1v) is 11.1. The molecular formula is C22H29ClFN3O2. The van der Waals surface area contributed by atoms with Crippen LogP contribution in [0.3, 0.4) is 0 Å². The normalized spacial score (nSPS) is 26.6. The smallest absolute Gasteiger partial charge is 0.256 e. The van der Waals surface area contributed by atoms with Crippen LogP contribution in [0.15, 0.2) is 18.2 Å². The quantitative estimate of drug-likeness (QED) is 0.793. The maximum absolute atomic E-state index is 14.2. The summed E-state index contributed by atoms with van der Waals surface area (Å²) in [6.07, 6.45) is 5.73. The summed E-state index contributed by atoms with van der Waals surface area (Å²) in [6.45, 7) is 3.94. The average molecular weight is 422 g/mol. The number of nitrogens with one attached hydrogen (secondary N) is 1. The van der Waals surface area contributed by atoms with Crippen LogP contribution >= 0.6 is 11.6 Å². The number of benzene rings is 1. The van der Waals surface area contributed by atoms with E-state index in [-0.39, 0.29) is 17.4 Å². The number of carbonyl (C=O) groups is 2. The second-order valence-electron chi connectivity index (χ2n) is 8.69. The summed E-state index contributed by atoms with van der Waals surface area (Å²) in [7, 11) is 0. The molecule has 1 aromatic rings. The first kappa shape index (κ1) is 20.6. The number of likely N-dealkylation sites (tertiary alicyclic amines) is 2. The van der Waals surface area contributed by atoms with Gasteiger partial charge in [0.25, 0.3) is 5.91 Å². The van der Waals surface area contributed by atoms with Crippen LogP contribution in [0.4, 0.5) is 4.39 Å². The van der Waals surface area contributed by atoms with Crippen molar-refractivity contribution < 1.29 is 14.0 Å². The van der Waals surface area contributed by atoms with E-state index in [0.29, 0.717) is 42.4 Å². The molecule has 0 spiro atoms. The molecule has 2 bridgehead atoms. The van der Waals surface area contributed by atoms with Gasteiger partial charge in [0.05, 0.1) is 5.56 Å². The highest BCUT2D eigenvalue weighted by Gasteiger charge is 2.38. The minimum Gasteiger partial charge on any atom is -0.343 e. The zero-order chi connectivity index (χ0) is 20.4. The van der Waals surface area contributed by atoms with Crippen molar-refractivity contribution in [3.8, 4) is 0 Å². The molecule has 1 N–H and O–H groups in total. The van der Waals surface area contributed by atoms with Crippen molar-refractivity contribution in [2.75, 3.05) is 32.7 Å². The van der Waals surface area contributed by atoms with Crippen LogP contribution in [0.1, 0.15) is 48.9 Å². The summed E-state index contributed by atoms with van der Waals surface area (Å²) >= 11 is 5.97. The fourth-order valence-electron chi connectivity index (χ4n) is 5.10. The Morgan fingerprint density at radius 1 is 1.17 bits per heavy atom. The summed E-state index contributed by atoms with van der Waals surface area (Å²) < 4.78 is 14.2. The molecule has 158 valence electrons. The van der Waals surface area contributed by atoms with E-state index in [9.17, 15) is 14.0 Å². The third kappa shape index (κ3) is 4.75. The average Bonchev–Trinajstić information content (AvgIpc) is 3.26. The van der Waals surface area contributed by atoms with Gasteiger partial charge in [0.15, 0.2) is 0 Å². The molecule has 0 unspecified atom stereocenters. The second-order valence-corrected chi connectivity index (χ2v) is 9.13. The molecule has 4 rings (SSSR count). The fourth-order valence-corrected chi connectivity index (χ4v) is 5.28. The molecule has 3 atom stereocenters. The van der Waals surface area contributed by atoms with E-state index in [2.05, 4.69) is 5.32 Å². The number of hydrogen-bond acceptors (Lipinski definition) is 3. The van der Waals surface area contributed by atoms with Crippen molar-refractivity contribution in [3.05, 3.63) is 34.6 Å². The molecule has 5 nitrogen and oxygen atoms in total. The van der Waals surface area contributed by atoms with E-state index in [1.807, 2.05) is 4.90 Å². The standard InChI is InChI=1S/C22H29ClFN3O2/c23-17-6-7-19(24)18(11-17)22(29)27-13-15-10-16(14-27)20(25-12-15)4-3-5-21(28)26-8-1-2-9-26/h6-7,11,15-16,20,25H,1-5,8-10,12-14H2/t15-,16+,20+/m0/s1. The van der Waals surface area contributed by atoms with Gasteiger partial charge in [-0.3, -0.25) is 9.59 Å². The molecule has 2 amide bonds. The van der Waals surface area contributed by atoms with E-state index >= 15 is 0 Å². The Morgan fingerprint density at radius 3 is 2.76 bits per heavy atom. The van der Waals surface area contributed by atoms with Crippen molar-refractivity contribution in [1.82, 2.24) is 15.1 Å². The molecular weight excluding hydrogens is 393 g/mol. The molecule has 7 heteroatoms. The highest BCUT2D eigenvalue weighted by molar-refractivity contribution is 6.31. The number of amides is 2. The number of nitrogens with zero attached hydrogens (tertiary/aromatic N) is 2. The highest BCUT2D eigenvalue weighted by atomic mass is 35.5. The SMILES string of the molecule is O=C(CCC[C@H]1NC[C@@H]2C[C@@H]1CN(C(=O)c1cc(Cl)ccc1F)C2)N1CCCC1. The molecule has 3 heterocycles. The van der Waals surface area contributed by atoms with Crippen molar-refractivity contribution in [3.63, 3.8) is 0 Å². The van der Waals surface area contributed by atoms with Gasteiger partial charge in [0.1, 0.15) is 5.82 Å². The predicted molar refractivity (Wildman–Crippen MR) is 110 cm³/mol. The third-order valence-corrected chi connectivity index (χ3v) is 6.85. The molecule has 0 aliphatic carbocycles. The Kier molecular flexibility index (Phi) is 6.40. The zero-order valence-electron chi connectivity index (χ0n) is 16.7. The van der Waals surface area contributed by atoms with Gasteiger partial charge < -0.3 is 15.1 Å². The summed E-state index contributed by atoms with van der Waals surface area (Å²) in [6, 6.07) is 4.44.